The first kappa shape index (κ1) is 64.7. The van der Waals surface area contributed by atoms with Crippen LogP contribution >= 0.6 is 0 Å². The van der Waals surface area contributed by atoms with Gasteiger partial charge >= 0.3 is 17.9 Å². The van der Waals surface area contributed by atoms with E-state index in [1.54, 1.807) is 0 Å². The molecule has 0 heterocycles. The van der Waals surface area contributed by atoms with Crippen molar-refractivity contribution in [3.05, 3.63) is 0 Å². The molecule has 0 amide bonds. The SMILES string of the molecule is CCCCCCCCCCCCCCCCCC(=O)OCC(COC(=O)CCCCCCCCCCCCCCCCC)C(COC(=O)CCCCCCCCCCC)[N+](C)(C)C.[Cl-]. The molecule has 64 heavy (non-hydrogen) atoms. The number of carbonyl (C=O) groups excluding carboxylic acids is 3. The average Bonchev–Trinajstić information content (AvgIpc) is 3.26. The van der Waals surface area contributed by atoms with Gasteiger partial charge in [0.1, 0.15) is 25.9 Å². The van der Waals surface area contributed by atoms with Crippen molar-refractivity contribution < 1.29 is 45.5 Å². The largest absolute Gasteiger partial charge is 1.00 e. The molecule has 0 rings (SSSR count). The third-order valence-electron chi connectivity index (χ3n) is 13.3. The van der Waals surface area contributed by atoms with Crippen LogP contribution in [0.2, 0.25) is 0 Å². The molecule has 0 saturated heterocycles. The lowest BCUT2D eigenvalue weighted by Crippen LogP contribution is -3.00. The predicted octanol–water partition coefficient (Wildman–Crippen LogP) is 13.8. The molecule has 0 bridgehead atoms. The van der Waals surface area contributed by atoms with Gasteiger partial charge < -0.3 is 31.1 Å². The summed E-state index contributed by atoms with van der Waals surface area (Å²) in [6, 6.07) is -0.186. The lowest BCUT2D eigenvalue weighted by Gasteiger charge is -2.38. The first-order valence-electron chi connectivity index (χ1n) is 27.9. The second kappa shape index (κ2) is 49.6. The van der Waals surface area contributed by atoms with Gasteiger partial charge in [-0.1, -0.05) is 252 Å². The Bertz CT molecular complexity index is 952. The van der Waals surface area contributed by atoms with Crippen molar-refractivity contribution in [2.75, 3.05) is 41.0 Å². The number of esters is 3. The van der Waals surface area contributed by atoms with E-state index in [2.05, 4.69) is 41.9 Å². The number of unbranched alkanes of at least 4 members (excludes halogenated alkanes) is 36. The molecule has 0 aliphatic rings. The molecule has 0 aliphatic carbocycles. The summed E-state index contributed by atoms with van der Waals surface area (Å²) >= 11 is 0. The highest BCUT2D eigenvalue weighted by Gasteiger charge is 2.36. The summed E-state index contributed by atoms with van der Waals surface area (Å²) in [4.78, 5) is 38.8. The molecule has 1 unspecified atom stereocenters. The molecule has 0 fully saturated rings. The molecule has 0 radical (unpaired) electrons. The van der Waals surface area contributed by atoms with Gasteiger partial charge in [0.05, 0.1) is 27.1 Å². The Hall–Kier alpha value is -1.34. The quantitative estimate of drug-likeness (QED) is 0.0262. The summed E-state index contributed by atoms with van der Waals surface area (Å²) in [5, 5.41) is 0. The number of ether oxygens (including phenoxy) is 3. The van der Waals surface area contributed by atoms with Crippen LogP contribution in [0.5, 0.6) is 0 Å². The smallest absolute Gasteiger partial charge is 0.306 e. The van der Waals surface area contributed by atoms with Gasteiger partial charge in [0.2, 0.25) is 0 Å². The summed E-state index contributed by atoms with van der Waals surface area (Å²) in [5.41, 5.74) is 0. The summed E-state index contributed by atoms with van der Waals surface area (Å²) < 4.78 is 18.1. The van der Waals surface area contributed by atoms with Crippen molar-refractivity contribution in [1.82, 2.24) is 0 Å². The zero-order chi connectivity index (χ0) is 46.3. The Morgan fingerprint density at radius 1 is 0.312 bits per heavy atom. The van der Waals surface area contributed by atoms with Crippen LogP contribution in [0, 0.1) is 5.92 Å². The van der Waals surface area contributed by atoms with E-state index in [4.69, 9.17) is 14.2 Å². The Labute approximate surface area is 405 Å². The third-order valence-corrected chi connectivity index (χ3v) is 13.3. The maximum absolute atomic E-state index is 13.0. The number of likely N-dealkylation sites (N-methyl/N-ethyl adjacent to an activating group) is 1. The summed E-state index contributed by atoms with van der Waals surface area (Å²) in [6.07, 6.45) is 50.7. The van der Waals surface area contributed by atoms with E-state index in [1.165, 1.54) is 199 Å². The van der Waals surface area contributed by atoms with E-state index in [0.717, 1.165) is 51.4 Å². The van der Waals surface area contributed by atoms with E-state index in [1.807, 2.05) is 0 Å². The fraction of sp³-hybridized carbons (Fsp3) is 0.946. The first-order valence-corrected chi connectivity index (χ1v) is 27.9. The molecular weight excluding hydrogens is 818 g/mol. The monoisotopic (exact) mass is 928 g/mol. The Balaban J connectivity index is 0. The molecular formula is C56H110ClNO6. The van der Waals surface area contributed by atoms with Crippen molar-refractivity contribution in [1.29, 1.82) is 0 Å². The standard InChI is InChI=1S/C56H110NO6.ClH/c1-7-10-13-16-19-22-24-26-28-30-32-35-38-40-43-46-54(58)61-49-52(53(57(4,5)6)51-63-56(60)48-45-42-37-34-21-18-15-12-9-3)50-62-55(59)47-44-41-39-36-33-31-29-27-25-23-20-17-14-11-8-2;/h52-53H,7-51H2,1-6H3;1H/q+1;/p-1. The second-order valence-corrected chi connectivity index (χ2v) is 20.5. The zero-order valence-electron chi connectivity index (χ0n) is 43.7. The van der Waals surface area contributed by atoms with Crippen LogP contribution in [-0.2, 0) is 28.6 Å². The molecule has 0 aromatic heterocycles. The highest BCUT2D eigenvalue weighted by Crippen LogP contribution is 2.21. The highest BCUT2D eigenvalue weighted by molar-refractivity contribution is 5.70. The molecule has 1 atom stereocenters. The molecule has 0 saturated carbocycles. The molecule has 0 aromatic carbocycles. The highest BCUT2D eigenvalue weighted by atomic mass is 35.5. The number of halogens is 1. The van der Waals surface area contributed by atoms with Gasteiger partial charge in [0.25, 0.3) is 0 Å². The van der Waals surface area contributed by atoms with Gasteiger partial charge in [0.15, 0.2) is 0 Å². The van der Waals surface area contributed by atoms with E-state index in [-0.39, 0.29) is 62.1 Å². The Kier molecular flexibility index (Phi) is 50.1. The fourth-order valence-electron chi connectivity index (χ4n) is 8.92. The molecule has 0 N–H and O–H groups in total. The van der Waals surface area contributed by atoms with Crippen molar-refractivity contribution >= 4 is 17.9 Å². The minimum Gasteiger partial charge on any atom is -1.00 e. The first-order chi connectivity index (χ1) is 30.6. The van der Waals surface area contributed by atoms with E-state index >= 15 is 0 Å². The second-order valence-electron chi connectivity index (χ2n) is 20.5. The van der Waals surface area contributed by atoms with Crippen LogP contribution in [0.3, 0.4) is 0 Å². The zero-order valence-corrected chi connectivity index (χ0v) is 44.5. The van der Waals surface area contributed by atoms with Crippen molar-refractivity contribution in [2.45, 2.75) is 296 Å². The number of hydrogen-bond donors (Lipinski definition) is 0. The maximum atomic E-state index is 13.0. The van der Waals surface area contributed by atoms with Gasteiger partial charge in [0, 0.05) is 19.3 Å². The van der Waals surface area contributed by atoms with Crippen LogP contribution in [0.1, 0.15) is 290 Å². The number of carbonyl (C=O) groups is 3. The van der Waals surface area contributed by atoms with Gasteiger partial charge in [-0.25, -0.2) is 0 Å². The number of nitrogens with zero attached hydrogens (tertiary/aromatic N) is 1. The summed E-state index contributed by atoms with van der Waals surface area (Å²) in [6.45, 7) is 7.31. The van der Waals surface area contributed by atoms with Crippen LogP contribution in [0.25, 0.3) is 0 Å². The Morgan fingerprint density at radius 2 is 0.500 bits per heavy atom. The number of hydrogen-bond acceptors (Lipinski definition) is 6. The van der Waals surface area contributed by atoms with Crippen LogP contribution in [0.15, 0.2) is 0 Å². The number of rotatable bonds is 50. The normalized spacial score (nSPS) is 12.0. The van der Waals surface area contributed by atoms with Crippen molar-refractivity contribution in [3.63, 3.8) is 0 Å². The van der Waals surface area contributed by atoms with E-state index < -0.39 is 0 Å². The van der Waals surface area contributed by atoms with Gasteiger partial charge in [-0.05, 0) is 19.3 Å². The third kappa shape index (κ3) is 45.8. The lowest BCUT2D eigenvalue weighted by molar-refractivity contribution is -0.900. The summed E-state index contributed by atoms with van der Waals surface area (Å²) in [5.74, 6) is -0.839. The maximum Gasteiger partial charge on any atom is 0.306 e. The average molecular weight is 929 g/mol. The topological polar surface area (TPSA) is 78.9 Å². The summed E-state index contributed by atoms with van der Waals surface area (Å²) in [7, 11) is 6.21. The van der Waals surface area contributed by atoms with Crippen LogP contribution in [-0.4, -0.2) is 69.4 Å². The molecule has 0 aromatic rings. The molecule has 0 aliphatic heterocycles. The van der Waals surface area contributed by atoms with Gasteiger partial charge in [-0.2, -0.15) is 0 Å². The molecule has 7 nitrogen and oxygen atoms in total. The minimum absolute atomic E-state index is 0. The predicted molar refractivity (Wildman–Crippen MR) is 269 cm³/mol. The van der Waals surface area contributed by atoms with E-state index in [9.17, 15) is 14.4 Å². The van der Waals surface area contributed by atoms with Crippen LogP contribution in [0.4, 0.5) is 0 Å². The lowest BCUT2D eigenvalue weighted by atomic mass is 9.99. The van der Waals surface area contributed by atoms with Gasteiger partial charge in [-0.15, -0.1) is 0 Å². The van der Waals surface area contributed by atoms with Gasteiger partial charge in [-0.3, -0.25) is 14.4 Å². The minimum atomic E-state index is -0.277. The van der Waals surface area contributed by atoms with Crippen LogP contribution < -0.4 is 12.4 Å². The van der Waals surface area contributed by atoms with Crippen molar-refractivity contribution in [2.24, 2.45) is 5.92 Å². The Morgan fingerprint density at radius 3 is 0.703 bits per heavy atom. The molecule has 8 heteroatoms. The number of quaternary nitrogens is 1. The molecule has 0 spiro atoms. The fourth-order valence-corrected chi connectivity index (χ4v) is 8.92. The van der Waals surface area contributed by atoms with E-state index in [0.29, 0.717) is 23.7 Å². The molecule has 382 valence electrons. The van der Waals surface area contributed by atoms with Crippen molar-refractivity contribution in [3.8, 4) is 0 Å².